The van der Waals surface area contributed by atoms with Crippen molar-refractivity contribution in [3.8, 4) is 0 Å². The second kappa shape index (κ2) is 3.05. The quantitative estimate of drug-likeness (QED) is 0.684. The Labute approximate surface area is 67.2 Å². The van der Waals surface area contributed by atoms with Crippen LogP contribution in [-0.4, -0.2) is 15.6 Å². The normalized spacial score (nSPS) is 13.5. The SMILES string of the molecule is Cc1ncn(C[C@H](C)N)c1C. The van der Waals surface area contributed by atoms with Gasteiger partial charge < -0.3 is 10.3 Å². The van der Waals surface area contributed by atoms with Gasteiger partial charge in [0, 0.05) is 18.3 Å². The molecule has 1 atom stereocenters. The molecule has 0 fully saturated rings. The summed E-state index contributed by atoms with van der Waals surface area (Å²) < 4.78 is 2.08. The van der Waals surface area contributed by atoms with Crippen LogP contribution in [0.3, 0.4) is 0 Å². The number of aryl methyl sites for hydroxylation is 1. The molecule has 1 rings (SSSR count). The maximum absolute atomic E-state index is 5.65. The van der Waals surface area contributed by atoms with Crippen LogP contribution in [0.2, 0.25) is 0 Å². The van der Waals surface area contributed by atoms with Gasteiger partial charge in [0.05, 0.1) is 12.0 Å². The highest BCUT2D eigenvalue weighted by molar-refractivity contribution is 5.08. The number of hydrogen-bond donors (Lipinski definition) is 1. The molecular formula is C8H15N3. The molecule has 0 aromatic carbocycles. The van der Waals surface area contributed by atoms with Crippen LogP contribution in [-0.2, 0) is 6.54 Å². The summed E-state index contributed by atoms with van der Waals surface area (Å²) in [5.41, 5.74) is 7.95. The van der Waals surface area contributed by atoms with Crippen LogP contribution >= 0.6 is 0 Å². The topological polar surface area (TPSA) is 43.8 Å². The molecule has 0 aliphatic carbocycles. The molecular weight excluding hydrogens is 138 g/mol. The highest BCUT2D eigenvalue weighted by Gasteiger charge is 2.02. The molecule has 11 heavy (non-hydrogen) atoms. The fraction of sp³-hybridized carbons (Fsp3) is 0.625. The summed E-state index contributed by atoms with van der Waals surface area (Å²) in [6.07, 6.45) is 1.84. The number of nitrogens with two attached hydrogens (primary N) is 1. The first-order chi connectivity index (χ1) is 5.11. The van der Waals surface area contributed by atoms with E-state index in [2.05, 4.69) is 16.5 Å². The van der Waals surface area contributed by atoms with Crippen molar-refractivity contribution in [2.75, 3.05) is 0 Å². The van der Waals surface area contributed by atoms with Crippen molar-refractivity contribution >= 4 is 0 Å². The van der Waals surface area contributed by atoms with Gasteiger partial charge in [0.15, 0.2) is 0 Å². The third-order valence-electron chi connectivity index (χ3n) is 1.83. The van der Waals surface area contributed by atoms with Gasteiger partial charge >= 0.3 is 0 Å². The average Bonchev–Trinajstić information content (AvgIpc) is 2.18. The minimum Gasteiger partial charge on any atom is -0.333 e. The zero-order valence-electron chi connectivity index (χ0n) is 7.33. The van der Waals surface area contributed by atoms with E-state index < -0.39 is 0 Å². The lowest BCUT2D eigenvalue weighted by molar-refractivity contribution is 0.579. The lowest BCUT2D eigenvalue weighted by atomic mass is 10.3. The van der Waals surface area contributed by atoms with E-state index in [-0.39, 0.29) is 6.04 Å². The van der Waals surface area contributed by atoms with Crippen molar-refractivity contribution in [3.05, 3.63) is 17.7 Å². The smallest absolute Gasteiger partial charge is 0.0951 e. The van der Waals surface area contributed by atoms with Crippen LogP contribution in [0.4, 0.5) is 0 Å². The van der Waals surface area contributed by atoms with Crippen LogP contribution in [0.25, 0.3) is 0 Å². The van der Waals surface area contributed by atoms with E-state index in [1.807, 2.05) is 20.2 Å². The molecule has 0 radical (unpaired) electrons. The molecule has 0 unspecified atom stereocenters. The van der Waals surface area contributed by atoms with Crippen molar-refractivity contribution in [2.45, 2.75) is 33.4 Å². The second-order valence-corrected chi connectivity index (χ2v) is 3.05. The van der Waals surface area contributed by atoms with E-state index in [0.29, 0.717) is 0 Å². The highest BCUT2D eigenvalue weighted by atomic mass is 15.1. The first-order valence-corrected chi connectivity index (χ1v) is 3.85. The van der Waals surface area contributed by atoms with Crippen molar-refractivity contribution in [2.24, 2.45) is 5.73 Å². The van der Waals surface area contributed by atoms with Gasteiger partial charge in [0.25, 0.3) is 0 Å². The monoisotopic (exact) mass is 153 g/mol. The molecule has 0 saturated carbocycles. The number of nitrogens with zero attached hydrogens (tertiary/aromatic N) is 2. The van der Waals surface area contributed by atoms with E-state index in [9.17, 15) is 0 Å². The first kappa shape index (κ1) is 8.27. The zero-order chi connectivity index (χ0) is 8.43. The van der Waals surface area contributed by atoms with E-state index in [1.165, 1.54) is 5.69 Å². The number of aromatic nitrogens is 2. The minimum absolute atomic E-state index is 0.197. The van der Waals surface area contributed by atoms with Crippen LogP contribution in [0.1, 0.15) is 18.3 Å². The molecule has 1 heterocycles. The Kier molecular flexibility index (Phi) is 2.29. The predicted molar refractivity (Wildman–Crippen MR) is 45.4 cm³/mol. The van der Waals surface area contributed by atoms with Gasteiger partial charge in [-0.25, -0.2) is 4.98 Å². The summed E-state index contributed by atoms with van der Waals surface area (Å²) in [5, 5.41) is 0. The average molecular weight is 153 g/mol. The van der Waals surface area contributed by atoms with Gasteiger partial charge in [0.2, 0.25) is 0 Å². The Morgan fingerprint density at radius 2 is 2.27 bits per heavy atom. The maximum Gasteiger partial charge on any atom is 0.0951 e. The van der Waals surface area contributed by atoms with Crippen molar-refractivity contribution in [3.63, 3.8) is 0 Å². The third-order valence-corrected chi connectivity index (χ3v) is 1.83. The summed E-state index contributed by atoms with van der Waals surface area (Å²) in [6.45, 7) is 6.92. The molecule has 62 valence electrons. The fourth-order valence-corrected chi connectivity index (χ4v) is 1.04. The second-order valence-electron chi connectivity index (χ2n) is 3.05. The Balaban J connectivity index is 2.79. The molecule has 0 saturated heterocycles. The lowest BCUT2D eigenvalue weighted by Gasteiger charge is -2.07. The number of imidazole rings is 1. The van der Waals surface area contributed by atoms with E-state index in [0.717, 1.165) is 12.2 Å². The van der Waals surface area contributed by atoms with Gasteiger partial charge in [0.1, 0.15) is 0 Å². The van der Waals surface area contributed by atoms with Crippen molar-refractivity contribution in [1.82, 2.24) is 9.55 Å². The Bertz CT molecular complexity index is 237. The van der Waals surface area contributed by atoms with Crippen molar-refractivity contribution in [1.29, 1.82) is 0 Å². The van der Waals surface area contributed by atoms with Crippen molar-refractivity contribution < 1.29 is 0 Å². The van der Waals surface area contributed by atoms with Gasteiger partial charge in [-0.05, 0) is 20.8 Å². The lowest BCUT2D eigenvalue weighted by Crippen LogP contribution is -2.22. The molecule has 1 aromatic rings. The summed E-state index contributed by atoms with van der Waals surface area (Å²) in [4.78, 5) is 4.18. The zero-order valence-corrected chi connectivity index (χ0v) is 7.33. The first-order valence-electron chi connectivity index (χ1n) is 3.85. The van der Waals surface area contributed by atoms with Gasteiger partial charge in [-0.3, -0.25) is 0 Å². The number of hydrogen-bond acceptors (Lipinski definition) is 2. The molecule has 0 amide bonds. The molecule has 1 aromatic heterocycles. The van der Waals surface area contributed by atoms with Gasteiger partial charge in [-0.2, -0.15) is 0 Å². The van der Waals surface area contributed by atoms with Crippen LogP contribution in [0, 0.1) is 13.8 Å². The molecule has 0 aliphatic rings. The van der Waals surface area contributed by atoms with Crippen LogP contribution in [0.15, 0.2) is 6.33 Å². The third kappa shape index (κ3) is 1.80. The van der Waals surface area contributed by atoms with Crippen LogP contribution < -0.4 is 5.73 Å². The molecule has 2 N–H and O–H groups in total. The molecule has 0 spiro atoms. The Morgan fingerprint density at radius 3 is 2.64 bits per heavy atom. The standard InChI is InChI=1S/C8H15N3/c1-6(9)4-11-5-10-7(2)8(11)3/h5-6H,4,9H2,1-3H3/t6-/m0/s1. The minimum atomic E-state index is 0.197. The van der Waals surface area contributed by atoms with E-state index in [4.69, 9.17) is 5.73 Å². The predicted octanol–water partition coefficient (Wildman–Crippen LogP) is 0.847. The van der Waals surface area contributed by atoms with Crippen LogP contribution in [0.5, 0.6) is 0 Å². The van der Waals surface area contributed by atoms with Gasteiger partial charge in [-0.15, -0.1) is 0 Å². The van der Waals surface area contributed by atoms with Gasteiger partial charge in [-0.1, -0.05) is 0 Å². The van der Waals surface area contributed by atoms with E-state index in [1.54, 1.807) is 0 Å². The van der Waals surface area contributed by atoms with E-state index >= 15 is 0 Å². The molecule has 3 heteroatoms. The maximum atomic E-state index is 5.65. The Morgan fingerprint density at radius 1 is 1.64 bits per heavy atom. The largest absolute Gasteiger partial charge is 0.333 e. The summed E-state index contributed by atoms with van der Waals surface area (Å²) in [5.74, 6) is 0. The molecule has 0 aliphatic heterocycles. The molecule has 0 bridgehead atoms. The summed E-state index contributed by atoms with van der Waals surface area (Å²) in [6, 6.07) is 0.197. The number of rotatable bonds is 2. The summed E-state index contributed by atoms with van der Waals surface area (Å²) in [7, 11) is 0. The molecule has 3 nitrogen and oxygen atoms in total. The Hall–Kier alpha value is -0.830. The summed E-state index contributed by atoms with van der Waals surface area (Å²) >= 11 is 0. The highest BCUT2D eigenvalue weighted by Crippen LogP contribution is 2.03. The fourth-order valence-electron chi connectivity index (χ4n) is 1.04.